The Balaban J connectivity index is 0.00000200. The van der Waals surface area contributed by atoms with Crippen LogP contribution >= 0.6 is 12.4 Å². The number of benzene rings is 1. The van der Waals surface area contributed by atoms with Crippen LogP contribution in [0.15, 0.2) is 30.3 Å². The molecular formula is C13H17ClF3NO2. The lowest BCUT2D eigenvalue weighted by Crippen LogP contribution is -2.62. The van der Waals surface area contributed by atoms with E-state index >= 15 is 0 Å². The summed E-state index contributed by atoms with van der Waals surface area (Å²) in [6.07, 6.45) is -6.54. The summed E-state index contributed by atoms with van der Waals surface area (Å²) in [6, 6.07) is 8.13. The fraction of sp³-hybridized carbons (Fsp3) is 0.538. The van der Waals surface area contributed by atoms with Gasteiger partial charge >= 0.3 is 6.18 Å². The summed E-state index contributed by atoms with van der Waals surface area (Å²) in [5.74, 6) is 0. The van der Waals surface area contributed by atoms with E-state index in [0.29, 0.717) is 12.1 Å². The summed E-state index contributed by atoms with van der Waals surface area (Å²) in [5.41, 5.74) is -2.45. The highest BCUT2D eigenvalue weighted by Gasteiger charge is 2.59. The highest BCUT2D eigenvalue weighted by atomic mass is 35.5. The summed E-state index contributed by atoms with van der Waals surface area (Å²) >= 11 is 0. The third kappa shape index (κ3) is 3.63. The Kier molecular flexibility index (Phi) is 5.82. The summed E-state index contributed by atoms with van der Waals surface area (Å²) in [4.78, 5) is 0. The molecule has 0 saturated carbocycles. The van der Waals surface area contributed by atoms with Crippen LogP contribution in [0.1, 0.15) is 5.56 Å². The predicted molar refractivity (Wildman–Crippen MR) is 71.0 cm³/mol. The van der Waals surface area contributed by atoms with Gasteiger partial charge in [0.1, 0.15) is 6.10 Å². The molecule has 0 amide bonds. The van der Waals surface area contributed by atoms with Crippen molar-refractivity contribution in [3.05, 3.63) is 35.9 Å². The van der Waals surface area contributed by atoms with Gasteiger partial charge in [-0.2, -0.15) is 13.2 Å². The predicted octanol–water partition coefficient (Wildman–Crippen LogP) is 1.93. The molecule has 3 nitrogen and oxygen atoms in total. The molecule has 2 rings (SSSR count). The SMILES string of the molecule is Cl.OC(Cc1ccccc1)(C1CNCCO1)C(F)(F)F. The molecule has 1 aromatic rings. The molecule has 1 saturated heterocycles. The lowest BCUT2D eigenvalue weighted by Gasteiger charge is -2.39. The fourth-order valence-electron chi connectivity index (χ4n) is 2.18. The fourth-order valence-corrected chi connectivity index (χ4v) is 2.18. The number of nitrogens with one attached hydrogen (secondary N) is 1. The first-order chi connectivity index (χ1) is 8.93. The highest BCUT2D eigenvalue weighted by Crippen LogP contribution is 2.37. The number of aliphatic hydroxyl groups is 1. The molecular weight excluding hydrogens is 295 g/mol. The minimum absolute atomic E-state index is 0. The first-order valence-electron chi connectivity index (χ1n) is 6.09. The highest BCUT2D eigenvalue weighted by molar-refractivity contribution is 5.85. The van der Waals surface area contributed by atoms with Crippen molar-refractivity contribution in [3.63, 3.8) is 0 Å². The third-order valence-electron chi connectivity index (χ3n) is 3.27. The van der Waals surface area contributed by atoms with Gasteiger partial charge < -0.3 is 15.2 Å². The minimum atomic E-state index is -4.74. The molecule has 0 bridgehead atoms. The third-order valence-corrected chi connectivity index (χ3v) is 3.27. The first kappa shape index (κ1) is 17.2. The zero-order valence-corrected chi connectivity index (χ0v) is 11.5. The average molecular weight is 312 g/mol. The Morgan fingerprint density at radius 2 is 1.90 bits per heavy atom. The Morgan fingerprint density at radius 1 is 1.25 bits per heavy atom. The second kappa shape index (κ2) is 6.76. The second-order valence-corrected chi connectivity index (χ2v) is 4.65. The summed E-state index contributed by atoms with van der Waals surface area (Å²) in [5, 5.41) is 12.9. The van der Waals surface area contributed by atoms with Gasteiger partial charge in [0.15, 0.2) is 5.60 Å². The van der Waals surface area contributed by atoms with E-state index in [1.807, 2.05) is 0 Å². The van der Waals surface area contributed by atoms with Gasteiger partial charge in [0.05, 0.1) is 6.61 Å². The van der Waals surface area contributed by atoms with Gasteiger partial charge in [-0.3, -0.25) is 0 Å². The summed E-state index contributed by atoms with van der Waals surface area (Å²) < 4.78 is 44.8. The van der Waals surface area contributed by atoms with E-state index in [0.717, 1.165) is 0 Å². The summed E-state index contributed by atoms with van der Waals surface area (Å²) in [7, 11) is 0. The maximum atomic E-state index is 13.2. The molecule has 0 aliphatic carbocycles. The molecule has 2 N–H and O–H groups in total. The molecule has 2 unspecified atom stereocenters. The number of alkyl halides is 3. The molecule has 0 radical (unpaired) electrons. The zero-order valence-electron chi connectivity index (χ0n) is 10.7. The molecule has 0 spiro atoms. The number of hydrogen-bond donors (Lipinski definition) is 2. The molecule has 1 aliphatic heterocycles. The topological polar surface area (TPSA) is 41.5 Å². The number of hydrogen-bond acceptors (Lipinski definition) is 3. The van der Waals surface area contributed by atoms with E-state index in [9.17, 15) is 18.3 Å². The van der Waals surface area contributed by atoms with Crippen molar-refractivity contribution >= 4 is 12.4 Å². The maximum absolute atomic E-state index is 13.2. The van der Waals surface area contributed by atoms with E-state index < -0.39 is 24.3 Å². The van der Waals surface area contributed by atoms with Crippen LogP contribution in [0.2, 0.25) is 0 Å². The first-order valence-corrected chi connectivity index (χ1v) is 6.09. The molecule has 7 heteroatoms. The average Bonchev–Trinajstić information content (AvgIpc) is 2.39. The maximum Gasteiger partial charge on any atom is 0.420 e. The second-order valence-electron chi connectivity index (χ2n) is 4.65. The number of morpholine rings is 1. The molecule has 1 fully saturated rings. The zero-order chi connectivity index (χ0) is 13.9. The van der Waals surface area contributed by atoms with Gasteiger partial charge in [-0.25, -0.2) is 0 Å². The van der Waals surface area contributed by atoms with E-state index in [1.165, 1.54) is 0 Å². The van der Waals surface area contributed by atoms with Crippen molar-refractivity contribution in [2.24, 2.45) is 0 Å². The van der Waals surface area contributed by atoms with Crippen LogP contribution in [-0.2, 0) is 11.2 Å². The van der Waals surface area contributed by atoms with E-state index in [1.54, 1.807) is 30.3 Å². The molecule has 2 atom stereocenters. The van der Waals surface area contributed by atoms with Gasteiger partial charge in [0.25, 0.3) is 0 Å². The molecule has 1 heterocycles. The monoisotopic (exact) mass is 311 g/mol. The molecule has 114 valence electrons. The lowest BCUT2D eigenvalue weighted by molar-refractivity contribution is -0.297. The van der Waals surface area contributed by atoms with Crippen molar-refractivity contribution in [2.75, 3.05) is 19.7 Å². The Labute approximate surface area is 121 Å². The van der Waals surface area contributed by atoms with E-state index in [2.05, 4.69) is 5.32 Å². The van der Waals surface area contributed by atoms with E-state index in [-0.39, 0.29) is 25.6 Å². The Morgan fingerprint density at radius 3 is 2.40 bits per heavy atom. The van der Waals surface area contributed by atoms with Crippen LogP contribution in [0.4, 0.5) is 13.2 Å². The van der Waals surface area contributed by atoms with Gasteiger partial charge in [-0.1, -0.05) is 30.3 Å². The van der Waals surface area contributed by atoms with Crippen LogP contribution < -0.4 is 5.32 Å². The molecule has 1 aliphatic rings. The molecule has 1 aromatic carbocycles. The lowest BCUT2D eigenvalue weighted by atomic mass is 9.87. The number of halogens is 4. The van der Waals surface area contributed by atoms with Crippen LogP contribution in [0.25, 0.3) is 0 Å². The Hall–Kier alpha value is -0.820. The van der Waals surface area contributed by atoms with Crippen LogP contribution in [0, 0.1) is 0 Å². The van der Waals surface area contributed by atoms with Gasteiger partial charge in [0, 0.05) is 19.5 Å². The van der Waals surface area contributed by atoms with Crippen molar-refractivity contribution in [1.82, 2.24) is 5.32 Å². The molecule has 20 heavy (non-hydrogen) atoms. The van der Waals surface area contributed by atoms with Crippen molar-refractivity contribution in [1.29, 1.82) is 0 Å². The van der Waals surface area contributed by atoms with Gasteiger partial charge in [-0.15, -0.1) is 12.4 Å². The van der Waals surface area contributed by atoms with Crippen molar-refractivity contribution in [2.45, 2.75) is 24.3 Å². The quantitative estimate of drug-likeness (QED) is 0.896. The number of ether oxygens (including phenoxy) is 1. The van der Waals surface area contributed by atoms with Crippen molar-refractivity contribution < 1.29 is 23.0 Å². The smallest absolute Gasteiger partial charge is 0.378 e. The number of rotatable bonds is 3. The van der Waals surface area contributed by atoms with Crippen LogP contribution in [-0.4, -0.2) is 42.7 Å². The van der Waals surface area contributed by atoms with Crippen LogP contribution in [0.5, 0.6) is 0 Å². The van der Waals surface area contributed by atoms with Crippen LogP contribution in [0.3, 0.4) is 0 Å². The minimum Gasteiger partial charge on any atom is -0.378 e. The molecule has 0 aromatic heterocycles. The van der Waals surface area contributed by atoms with Gasteiger partial charge in [-0.05, 0) is 5.56 Å². The van der Waals surface area contributed by atoms with Gasteiger partial charge in [0.2, 0.25) is 0 Å². The summed E-state index contributed by atoms with van der Waals surface area (Å²) in [6.45, 7) is 0.649. The van der Waals surface area contributed by atoms with E-state index in [4.69, 9.17) is 4.74 Å². The van der Waals surface area contributed by atoms with Crippen molar-refractivity contribution in [3.8, 4) is 0 Å². The standard InChI is InChI=1S/C13H16F3NO2.ClH/c14-13(15,16)12(18,11-9-17-6-7-19-11)8-10-4-2-1-3-5-10;/h1-5,11,17-18H,6-9H2;1H. The Bertz CT molecular complexity index is 410. The normalized spacial score (nSPS) is 22.7. The largest absolute Gasteiger partial charge is 0.420 e.